The Hall–Kier alpha value is -3.55. The van der Waals surface area contributed by atoms with E-state index in [1.807, 2.05) is 52.8 Å². The molecule has 0 radical (unpaired) electrons. The lowest BCUT2D eigenvalue weighted by molar-refractivity contribution is -0.141. The van der Waals surface area contributed by atoms with Crippen LogP contribution in [0.4, 0.5) is 10.5 Å². The number of rotatable bonds is 12. The first-order valence-corrected chi connectivity index (χ1v) is 14.1. The van der Waals surface area contributed by atoms with Gasteiger partial charge in [-0.15, -0.1) is 0 Å². The molecule has 40 heavy (non-hydrogen) atoms. The third-order valence-corrected chi connectivity index (χ3v) is 6.46. The molecule has 0 aliphatic heterocycles. The molecule has 0 spiro atoms. The second-order valence-electron chi connectivity index (χ2n) is 11.6. The molecule has 0 aliphatic rings. The van der Waals surface area contributed by atoms with E-state index in [1.165, 1.54) is 0 Å². The zero-order valence-corrected chi connectivity index (χ0v) is 25.6. The molecule has 8 heteroatoms. The molecule has 0 heterocycles. The van der Waals surface area contributed by atoms with E-state index in [1.54, 1.807) is 57.0 Å². The standard InChI is InChI=1S/C32H47N3O5/c1-10-11-19-35(30(37)26(20-21(2)3)34-31(38)40-32(6,7)8)28(27-22(4)13-12-14-23(27)5)29(36)33-24-15-17-25(39-9)18-16-24/h12-18,21,26,28H,10-11,19-20H2,1-9H3,(H,33,36)(H,34,38). The highest BCUT2D eigenvalue weighted by Crippen LogP contribution is 2.31. The summed E-state index contributed by atoms with van der Waals surface area (Å²) in [5, 5.41) is 5.81. The molecule has 2 atom stereocenters. The molecule has 2 unspecified atom stereocenters. The molecule has 3 amide bonds. The summed E-state index contributed by atoms with van der Waals surface area (Å²) >= 11 is 0. The van der Waals surface area contributed by atoms with E-state index in [0.717, 1.165) is 23.1 Å². The maximum absolute atomic E-state index is 14.3. The summed E-state index contributed by atoms with van der Waals surface area (Å²) in [4.78, 5) is 42.8. The van der Waals surface area contributed by atoms with Gasteiger partial charge < -0.3 is 25.0 Å². The van der Waals surface area contributed by atoms with Crippen LogP contribution >= 0.6 is 0 Å². The number of aryl methyl sites for hydroxylation is 2. The van der Waals surface area contributed by atoms with Gasteiger partial charge in [-0.3, -0.25) is 9.59 Å². The van der Waals surface area contributed by atoms with Crippen molar-refractivity contribution in [1.29, 1.82) is 0 Å². The van der Waals surface area contributed by atoms with E-state index < -0.39 is 23.8 Å². The van der Waals surface area contributed by atoms with Crippen LogP contribution in [0, 0.1) is 19.8 Å². The number of unbranched alkanes of at least 4 members (excludes halogenated alkanes) is 1. The average Bonchev–Trinajstić information content (AvgIpc) is 2.86. The highest BCUT2D eigenvalue weighted by atomic mass is 16.6. The van der Waals surface area contributed by atoms with Crippen LogP contribution in [0.5, 0.6) is 5.75 Å². The Kier molecular flexibility index (Phi) is 12.0. The number of hydrogen-bond acceptors (Lipinski definition) is 5. The van der Waals surface area contributed by atoms with Gasteiger partial charge in [0.05, 0.1) is 7.11 Å². The SMILES string of the molecule is CCCCN(C(=O)C(CC(C)C)NC(=O)OC(C)(C)C)C(C(=O)Nc1ccc(OC)cc1)c1c(C)cccc1C. The van der Waals surface area contributed by atoms with E-state index in [4.69, 9.17) is 9.47 Å². The monoisotopic (exact) mass is 553 g/mol. The highest BCUT2D eigenvalue weighted by Gasteiger charge is 2.37. The molecule has 2 aromatic rings. The van der Waals surface area contributed by atoms with Gasteiger partial charge in [0.25, 0.3) is 5.91 Å². The van der Waals surface area contributed by atoms with Gasteiger partial charge in [-0.25, -0.2) is 4.79 Å². The Balaban J connectivity index is 2.58. The first kappa shape index (κ1) is 32.7. The predicted molar refractivity (Wildman–Crippen MR) is 160 cm³/mol. The molecule has 2 aromatic carbocycles. The van der Waals surface area contributed by atoms with Gasteiger partial charge in [-0.1, -0.05) is 45.4 Å². The number of carbonyl (C=O) groups excluding carboxylic acids is 3. The number of benzene rings is 2. The fraction of sp³-hybridized carbons (Fsp3) is 0.531. The number of ether oxygens (including phenoxy) is 2. The van der Waals surface area contributed by atoms with E-state index in [2.05, 4.69) is 10.6 Å². The molecule has 0 bridgehead atoms. The number of nitrogens with zero attached hydrogens (tertiary/aromatic N) is 1. The smallest absolute Gasteiger partial charge is 0.408 e. The van der Waals surface area contributed by atoms with Crippen molar-refractivity contribution in [2.45, 2.75) is 92.3 Å². The first-order valence-electron chi connectivity index (χ1n) is 14.1. The number of alkyl carbamates (subject to hydrolysis) is 1. The highest BCUT2D eigenvalue weighted by molar-refractivity contribution is 5.99. The molecule has 0 fully saturated rings. The summed E-state index contributed by atoms with van der Waals surface area (Å²) in [6.07, 6.45) is 1.27. The van der Waals surface area contributed by atoms with Crippen molar-refractivity contribution in [3.63, 3.8) is 0 Å². The van der Waals surface area contributed by atoms with Crippen LogP contribution in [-0.2, 0) is 14.3 Å². The predicted octanol–water partition coefficient (Wildman–Crippen LogP) is 6.56. The minimum atomic E-state index is -0.905. The second-order valence-corrected chi connectivity index (χ2v) is 11.6. The van der Waals surface area contributed by atoms with Gasteiger partial charge in [0.1, 0.15) is 23.4 Å². The molecule has 2 rings (SSSR count). The molecule has 8 nitrogen and oxygen atoms in total. The largest absolute Gasteiger partial charge is 0.497 e. The van der Waals surface area contributed by atoms with Gasteiger partial charge in [0.15, 0.2) is 0 Å². The van der Waals surface area contributed by atoms with Crippen LogP contribution in [-0.4, -0.2) is 48.1 Å². The van der Waals surface area contributed by atoms with E-state index in [0.29, 0.717) is 30.8 Å². The minimum Gasteiger partial charge on any atom is -0.497 e. The first-order chi connectivity index (χ1) is 18.8. The lowest BCUT2D eigenvalue weighted by Gasteiger charge is -2.36. The van der Waals surface area contributed by atoms with Crippen molar-refractivity contribution < 1.29 is 23.9 Å². The molecular weight excluding hydrogens is 506 g/mol. The van der Waals surface area contributed by atoms with Gasteiger partial charge in [0, 0.05) is 12.2 Å². The van der Waals surface area contributed by atoms with Crippen molar-refractivity contribution in [2.75, 3.05) is 19.0 Å². The van der Waals surface area contributed by atoms with Crippen molar-refractivity contribution in [3.05, 3.63) is 59.2 Å². The summed E-state index contributed by atoms with van der Waals surface area (Å²) in [6, 6.07) is 11.2. The normalized spacial score (nSPS) is 12.8. The van der Waals surface area contributed by atoms with Crippen LogP contribution in [0.3, 0.4) is 0 Å². The Labute approximate surface area is 239 Å². The van der Waals surface area contributed by atoms with Gasteiger partial charge in [-0.2, -0.15) is 0 Å². The van der Waals surface area contributed by atoms with E-state index >= 15 is 0 Å². The van der Waals surface area contributed by atoms with Crippen LogP contribution in [0.1, 0.15) is 83.5 Å². The van der Waals surface area contributed by atoms with Gasteiger partial charge in [0.2, 0.25) is 5.91 Å². The van der Waals surface area contributed by atoms with Crippen LogP contribution in [0.2, 0.25) is 0 Å². The van der Waals surface area contributed by atoms with Gasteiger partial charge >= 0.3 is 6.09 Å². The average molecular weight is 554 g/mol. The van der Waals surface area contributed by atoms with Gasteiger partial charge in [-0.05, 0) is 94.3 Å². The molecule has 0 aliphatic carbocycles. The summed E-state index contributed by atoms with van der Waals surface area (Å²) in [7, 11) is 1.58. The van der Waals surface area contributed by atoms with Crippen LogP contribution in [0.15, 0.2) is 42.5 Å². The van der Waals surface area contributed by atoms with E-state index in [9.17, 15) is 14.4 Å². The Morgan fingerprint density at radius 1 is 0.975 bits per heavy atom. The summed E-state index contributed by atoms with van der Waals surface area (Å²) in [5.41, 5.74) is 2.47. The van der Waals surface area contributed by atoms with Crippen molar-refractivity contribution in [1.82, 2.24) is 10.2 Å². The van der Waals surface area contributed by atoms with Crippen molar-refractivity contribution in [2.24, 2.45) is 5.92 Å². The maximum atomic E-state index is 14.3. The van der Waals surface area contributed by atoms with Crippen molar-refractivity contribution >= 4 is 23.6 Å². The Morgan fingerprint density at radius 3 is 2.08 bits per heavy atom. The number of anilines is 1. The topological polar surface area (TPSA) is 97.0 Å². The number of hydrogen-bond donors (Lipinski definition) is 2. The fourth-order valence-corrected chi connectivity index (χ4v) is 4.61. The summed E-state index contributed by atoms with van der Waals surface area (Å²) in [5.74, 6) is 0.149. The number of nitrogens with one attached hydrogen (secondary N) is 2. The number of amides is 3. The summed E-state index contributed by atoms with van der Waals surface area (Å²) in [6.45, 7) is 15.6. The minimum absolute atomic E-state index is 0.115. The zero-order chi connectivity index (χ0) is 30.0. The third-order valence-electron chi connectivity index (χ3n) is 6.46. The fourth-order valence-electron chi connectivity index (χ4n) is 4.61. The quantitative estimate of drug-likeness (QED) is 0.310. The molecule has 0 saturated carbocycles. The van der Waals surface area contributed by atoms with Crippen LogP contribution in [0.25, 0.3) is 0 Å². The molecular formula is C32H47N3O5. The maximum Gasteiger partial charge on any atom is 0.408 e. The van der Waals surface area contributed by atoms with Crippen LogP contribution < -0.4 is 15.4 Å². The molecule has 2 N–H and O–H groups in total. The third kappa shape index (κ3) is 9.57. The molecule has 220 valence electrons. The summed E-state index contributed by atoms with van der Waals surface area (Å²) < 4.78 is 10.7. The Morgan fingerprint density at radius 2 is 1.57 bits per heavy atom. The molecule has 0 saturated heterocycles. The van der Waals surface area contributed by atoms with Crippen molar-refractivity contribution in [3.8, 4) is 5.75 Å². The zero-order valence-electron chi connectivity index (χ0n) is 25.6. The Bertz CT molecular complexity index is 1120. The second kappa shape index (κ2) is 14.7. The molecule has 0 aromatic heterocycles. The lowest BCUT2D eigenvalue weighted by atomic mass is 9.92. The van der Waals surface area contributed by atoms with E-state index in [-0.39, 0.29) is 17.7 Å². The number of methoxy groups -OCH3 is 1. The lowest BCUT2D eigenvalue weighted by Crippen LogP contribution is -2.53. The number of carbonyl (C=O) groups is 3.